The van der Waals surface area contributed by atoms with E-state index >= 15 is 0 Å². The van der Waals surface area contributed by atoms with Crippen molar-refractivity contribution in [2.45, 2.75) is 38.5 Å². The first-order valence-corrected chi connectivity index (χ1v) is 6.65. The van der Waals surface area contributed by atoms with Crippen LogP contribution in [0.1, 0.15) is 48.2 Å². The number of rotatable bonds is 3. The molecule has 1 fully saturated rings. The third kappa shape index (κ3) is 3.16. The van der Waals surface area contributed by atoms with Gasteiger partial charge >= 0.3 is 5.97 Å². The van der Waals surface area contributed by atoms with Crippen LogP contribution in [0.4, 0.5) is 0 Å². The second-order valence-electron chi connectivity index (χ2n) is 5.07. The van der Waals surface area contributed by atoms with Gasteiger partial charge in [0.25, 0.3) is 5.56 Å². The molecule has 5 nitrogen and oxygen atoms in total. The number of ether oxygens (including phenoxy) is 1. The van der Waals surface area contributed by atoms with Gasteiger partial charge in [-0.1, -0.05) is 32.1 Å². The normalized spacial score (nSPS) is 16.3. The van der Waals surface area contributed by atoms with Gasteiger partial charge in [0.1, 0.15) is 11.3 Å². The van der Waals surface area contributed by atoms with Crippen molar-refractivity contribution in [3.05, 3.63) is 27.7 Å². The highest BCUT2D eigenvalue weighted by Crippen LogP contribution is 2.28. The molecule has 0 atom stereocenters. The summed E-state index contributed by atoms with van der Waals surface area (Å²) in [6.07, 6.45) is 6.41. The Morgan fingerprint density at radius 1 is 1.42 bits per heavy atom. The van der Waals surface area contributed by atoms with Gasteiger partial charge in [0.2, 0.25) is 0 Å². The van der Waals surface area contributed by atoms with E-state index in [1.165, 1.54) is 26.4 Å². The van der Waals surface area contributed by atoms with Gasteiger partial charge in [-0.2, -0.15) is 0 Å². The van der Waals surface area contributed by atoms with E-state index in [2.05, 4.69) is 9.72 Å². The van der Waals surface area contributed by atoms with E-state index in [1.807, 2.05) is 0 Å². The number of H-pyrrole nitrogens is 1. The molecule has 2 rings (SSSR count). The minimum Gasteiger partial charge on any atom is -0.507 e. The molecule has 1 aliphatic rings. The number of pyridine rings is 1. The minimum absolute atomic E-state index is 0.0904. The molecule has 1 aliphatic carbocycles. The first-order chi connectivity index (χ1) is 9.11. The van der Waals surface area contributed by atoms with Crippen molar-refractivity contribution in [3.8, 4) is 5.75 Å². The summed E-state index contributed by atoms with van der Waals surface area (Å²) in [6, 6.07) is 1.01. The first kappa shape index (κ1) is 13.6. The Morgan fingerprint density at radius 3 is 2.74 bits per heavy atom. The van der Waals surface area contributed by atoms with Crippen molar-refractivity contribution in [3.63, 3.8) is 0 Å². The molecule has 0 aromatic carbocycles. The van der Waals surface area contributed by atoms with Crippen LogP contribution in [0, 0.1) is 5.92 Å². The highest BCUT2D eigenvalue weighted by Gasteiger charge is 2.22. The number of methoxy groups -OCH3 is 1. The summed E-state index contributed by atoms with van der Waals surface area (Å²) in [7, 11) is 1.26. The number of carbonyl (C=O) groups excluding carboxylic acids is 1. The van der Waals surface area contributed by atoms with Crippen LogP contribution >= 0.6 is 0 Å². The molecule has 0 saturated heterocycles. The van der Waals surface area contributed by atoms with Crippen molar-refractivity contribution >= 4 is 5.97 Å². The topological polar surface area (TPSA) is 79.4 Å². The fraction of sp³-hybridized carbons (Fsp3) is 0.571. The number of aromatic nitrogens is 1. The Kier molecular flexibility index (Phi) is 4.24. The van der Waals surface area contributed by atoms with Crippen LogP contribution in [0.5, 0.6) is 5.75 Å². The number of aromatic amines is 1. The van der Waals surface area contributed by atoms with E-state index in [9.17, 15) is 14.7 Å². The van der Waals surface area contributed by atoms with Crippen LogP contribution in [-0.4, -0.2) is 23.2 Å². The van der Waals surface area contributed by atoms with E-state index in [0.29, 0.717) is 18.0 Å². The number of carbonyl (C=O) groups is 1. The molecule has 0 radical (unpaired) electrons. The summed E-state index contributed by atoms with van der Waals surface area (Å²) in [5.74, 6) is -0.462. The summed E-state index contributed by atoms with van der Waals surface area (Å²) in [6.45, 7) is 0. The van der Waals surface area contributed by atoms with Crippen LogP contribution in [0.25, 0.3) is 0 Å². The van der Waals surface area contributed by atoms with Crippen LogP contribution in [0.2, 0.25) is 0 Å². The third-order valence-electron chi connectivity index (χ3n) is 3.71. The summed E-state index contributed by atoms with van der Waals surface area (Å²) >= 11 is 0. The fourth-order valence-corrected chi connectivity index (χ4v) is 2.76. The molecule has 0 unspecified atom stereocenters. The van der Waals surface area contributed by atoms with Gasteiger partial charge in [-0.05, 0) is 12.3 Å². The second-order valence-corrected chi connectivity index (χ2v) is 5.07. The molecule has 1 saturated carbocycles. The van der Waals surface area contributed by atoms with Crippen LogP contribution in [0.15, 0.2) is 10.9 Å². The van der Waals surface area contributed by atoms with Gasteiger partial charge < -0.3 is 14.8 Å². The predicted octanol–water partition coefficient (Wildman–Crippen LogP) is 1.99. The molecule has 104 valence electrons. The molecular formula is C14H19NO4. The molecule has 1 heterocycles. The number of nitrogens with one attached hydrogen (secondary N) is 1. The highest BCUT2D eigenvalue weighted by molar-refractivity contribution is 5.93. The SMILES string of the molecule is COC(=O)c1c(O)cc(=O)[nH]c1CC1CCCCC1. The van der Waals surface area contributed by atoms with Crippen LogP contribution < -0.4 is 5.56 Å². The maximum atomic E-state index is 11.7. The fourth-order valence-electron chi connectivity index (χ4n) is 2.76. The van der Waals surface area contributed by atoms with Crippen molar-refractivity contribution < 1.29 is 14.6 Å². The number of esters is 1. The van der Waals surface area contributed by atoms with Crippen LogP contribution in [-0.2, 0) is 11.2 Å². The molecule has 0 spiro atoms. The standard InChI is InChI=1S/C14H19NO4/c1-19-14(18)13-10(15-12(17)8-11(13)16)7-9-5-3-2-4-6-9/h8-9H,2-7H2,1H3,(H2,15,16,17). The third-order valence-corrected chi connectivity index (χ3v) is 3.71. The van der Waals surface area contributed by atoms with Crippen molar-refractivity contribution in [1.29, 1.82) is 0 Å². The van der Waals surface area contributed by atoms with Crippen molar-refractivity contribution in [2.75, 3.05) is 7.11 Å². The minimum atomic E-state index is -0.612. The Balaban J connectivity index is 2.31. The molecule has 19 heavy (non-hydrogen) atoms. The van der Waals surface area contributed by atoms with Crippen LogP contribution in [0.3, 0.4) is 0 Å². The molecular weight excluding hydrogens is 246 g/mol. The van der Waals surface area contributed by atoms with Gasteiger partial charge in [0.15, 0.2) is 0 Å². The maximum Gasteiger partial charge on any atom is 0.343 e. The van der Waals surface area contributed by atoms with Crippen molar-refractivity contribution in [1.82, 2.24) is 4.98 Å². The Bertz CT molecular complexity index is 515. The summed E-state index contributed by atoms with van der Waals surface area (Å²) < 4.78 is 4.67. The van der Waals surface area contributed by atoms with E-state index in [-0.39, 0.29) is 11.3 Å². The van der Waals surface area contributed by atoms with Gasteiger partial charge in [-0.15, -0.1) is 0 Å². The second kappa shape index (κ2) is 5.91. The highest BCUT2D eigenvalue weighted by atomic mass is 16.5. The van der Waals surface area contributed by atoms with E-state index in [1.54, 1.807) is 0 Å². The van der Waals surface area contributed by atoms with E-state index < -0.39 is 11.5 Å². The molecule has 1 aromatic heterocycles. The van der Waals surface area contributed by atoms with Gasteiger partial charge in [0, 0.05) is 11.8 Å². The molecule has 0 aliphatic heterocycles. The summed E-state index contributed by atoms with van der Waals surface area (Å²) in [4.78, 5) is 25.8. The average molecular weight is 265 g/mol. The zero-order chi connectivity index (χ0) is 13.8. The first-order valence-electron chi connectivity index (χ1n) is 6.65. The zero-order valence-electron chi connectivity index (χ0n) is 11.1. The lowest BCUT2D eigenvalue weighted by atomic mass is 9.85. The maximum absolute atomic E-state index is 11.7. The zero-order valence-corrected chi connectivity index (χ0v) is 11.1. The van der Waals surface area contributed by atoms with Gasteiger partial charge in [-0.25, -0.2) is 4.79 Å². The monoisotopic (exact) mass is 265 g/mol. The molecule has 1 aromatic rings. The van der Waals surface area contributed by atoms with Crippen molar-refractivity contribution in [2.24, 2.45) is 5.92 Å². The Hall–Kier alpha value is -1.78. The van der Waals surface area contributed by atoms with Gasteiger partial charge in [-0.3, -0.25) is 4.79 Å². The summed E-state index contributed by atoms with van der Waals surface area (Å²) in [5, 5.41) is 9.78. The van der Waals surface area contributed by atoms with Gasteiger partial charge in [0.05, 0.1) is 7.11 Å². The number of aromatic hydroxyl groups is 1. The number of hydrogen-bond donors (Lipinski definition) is 2. The largest absolute Gasteiger partial charge is 0.507 e. The Morgan fingerprint density at radius 2 is 2.11 bits per heavy atom. The number of hydrogen-bond acceptors (Lipinski definition) is 4. The molecule has 0 amide bonds. The lowest BCUT2D eigenvalue weighted by Gasteiger charge is -2.22. The predicted molar refractivity (Wildman–Crippen MR) is 70.3 cm³/mol. The lowest BCUT2D eigenvalue weighted by molar-refractivity contribution is 0.0595. The summed E-state index contributed by atoms with van der Waals surface area (Å²) in [5.41, 5.74) is 0.187. The average Bonchev–Trinajstić information content (AvgIpc) is 2.38. The molecule has 2 N–H and O–H groups in total. The van der Waals surface area contributed by atoms with E-state index in [4.69, 9.17) is 0 Å². The lowest BCUT2D eigenvalue weighted by Crippen LogP contribution is -2.19. The molecule has 5 heteroatoms. The Labute approximate surface area is 111 Å². The smallest absolute Gasteiger partial charge is 0.343 e. The quantitative estimate of drug-likeness (QED) is 0.819. The molecule has 0 bridgehead atoms. The van der Waals surface area contributed by atoms with E-state index in [0.717, 1.165) is 18.9 Å².